The maximum absolute atomic E-state index is 14.2. The van der Waals surface area contributed by atoms with Crippen molar-refractivity contribution in [3.05, 3.63) is 98.5 Å². The van der Waals surface area contributed by atoms with E-state index in [9.17, 15) is 19.2 Å². The summed E-state index contributed by atoms with van der Waals surface area (Å²) < 4.78 is 6.41. The number of nitrogens with zero attached hydrogens (tertiary/aromatic N) is 1. The third-order valence-electron chi connectivity index (χ3n) is 9.02. The molecule has 3 atom stereocenters. The molecule has 216 valence electrons. The minimum atomic E-state index is -1.08. The molecule has 3 aliphatic carbocycles. The van der Waals surface area contributed by atoms with Gasteiger partial charge in [-0.2, -0.15) is 0 Å². The maximum Gasteiger partial charge on any atom is 0.329 e. The summed E-state index contributed by atoms with van der Waals surface area (Å²) in [5, 5.41) is 2.80. The number of halogens is 1. The van der Waals surface area contributed by atoms with Gasteiger partial charge in [0.2, 0.25) is 11.8 Å². The Labute approximate surface area is 253 Å². The summed E-state index contributed by atoms with van der Waals surface area (Å²) in [6.07, 6.45) is 1.69. The molecule has 3 amide bonds. The number of ether oxygens (including phenoxy) is 1. The number of hydrogen-bond donors (Lipinski definition) is 1. The van der Waals surface area contributed by atoms with E-state index in [4.69, 9.17) is 4.74 Å². The summed E-state index contributed by atoms with van der Waals surface area (Å²) in [4.78, 5) is 55.8. The number of esters is 1. The van der Waals surface area contributed by atoms with Gasteiger partial charge in [0.05, 0.1) is 11.8 Å². The summed E-state index contributed by atoms with van der Waals surface area (Å²) >= 11 is 3.48. The zero-order valence-electron chi connectivity index (χ0n) is 23.9. The van der Waals surface area contributed by atoms with Crippen LogP contribution >= 0.6 is 15.9 Å². The Kier molecular flexibility index (Phi) is 7.51. The van der Waals surface area contributed by atoms with Crippen molar-refractivity contribution in [2.24, 2.45) is 11.8 Å². The molecule has 0 unspecified atom stereocenters. The smallest absolute Gasteiger partial charge is 0.329 e. The number of amides is 3. The molecule has 4 aliphatic rings. The molecule has 2 bridgehead atoms. The van der Waals surface area contributed by atoms with Crippen LogP contribution in [0.5, 0.6) is 0 Å². The van der Waals surface area contributed by atoms with Gasteiger partial charge in [-0.25, -0.2) is 4.79 Å². The molecular weight excluding hydrogens is 596 g/mol. The quantitative estimate of drug-likeness (QED) is 0.244. The maximum atomic E-state index is 14.2. The summed E-state index contributed by atoms with van der Waals surface area (Å²) in [7, 11) is 0. The molecule has 0 radical (unpaired) electrons. The van der Waals surface area contributed by atoms with E-state index in [0.717, 1.165) is 44.3 Å². The minimum absolute atomic E-state index is 0.250. The molecule has 0 spiro atoms. The van der Waals surface area contributed by atoms with E-state index in [0.29, 0.717) is 12.1 Å². The summed E-state index contributed by atoms with van der Waals surface area (Å²) in [5.74, 6) is -3.52. The van der Waals surface area contributed by atoms with Gasteiger partial charge in [0, 0.05) is 22.0 Å². The second-order valence-electron chi connectivity index (χ2n) is 11.5. The van der Waals surface area contributed by atoms with Crippen LogP contribution < -0.4 is 5.32 Å². The number of hydrogen-bond acceptors (Lipinski definition) is 5. The van der Waals surface area contributed by atoms with Gasteiger partial charge in [-0.1, -0.05) is 84.2 Å². The molecule has 1 saturated heterocycles. The number of likely N-dealkylation sites (tertiary alicyclic amines) is 1. The topological polar surface area (TPSA) is 92.8 Å². The van der Waals surface area contributed by atoms with Crippen molar-refractivity contribution in [1.82, 2.24) is 4.90 Å². The number of carbonyl (C=O) groups excluding carboxylic acids is 4. The highest BCUT2D eigenvalue weighted by Gasteiger charge is 2.63. The van der Waals surface area contributed by atoms with Crippen molar-refractivity contribution in [1.29, 1.82) is 0 Å². The van der Waals surface area contributed by atoms with Gasteiger partial charge in [0.15, 0.2) is 6.61 Å². The van der Waals surface area contributed by atoms with E-state index >= 15 is 0 Å². The highest BCUT2D eigenvalue weighted by atomic mass is 79.9. The first-order valence-electron chi connectivity index (χ1n) is 14.5. The summed E-state index contributed by atoms with van der Waals surface area (Å²) in [6.45, 7) is 5.27. The first-order chi connectivity index (χ1) is 20.2. The Hall–Kier alpha value is -3.78. The van der Waals surface area contributed by atoms with E-state index in [-0.39, 0.29) is 30.1 Å². The number of aryl methyl sites for hydroxylation is 2. The van der Waals surface area contributed by atoms with Crippen LogP contribution in [0.3, 0.4) is 0 Å². The molecule has 8 heteroatoms. The molecule has 7 nitrogen and oxygen atoms in total. The van der Waals surface area contributed by atoms with Crippen LogP contribution in [0.2, 0.25) is 0 Å². The van der Waals surface area contributed by atoms with Crippen LogP contribution in [0.4, 0.5) is 5.69 Å². The summed E-state index contributed by atoms with van der Waals surface area (Å²) in [6, 6.07) is 18.8. The number of anilines is 1. The normalized spacial score (nSPS) is 22.3. The predicted octanol–water partition coefficient (Wildman–Crippen LogP) is 6.00. The van der Waals surface area contributed by atoms with Crippen molar-refractivity contribution in [3.8, 4) is 0 Å². The number of unbranched alkanes of at least 4 members (excludes halogenated alkanes) is 1. The first-order valence-corrected chi connectivity index (χ1v) is 15.3. The lowest BCUT2D eigenvalue weighted by molar-refractivity contribution is -0.160. The number of nitrogens with one attached hydrogen (secondary N) is 1. The summed E-state index contributed by atoms with van der Waals surface area (Å²) in [5.41, 5.74) is 6.75. The average Bonchev–Trinajstić information content (AvgIpc) is 3.25. The molecule has 1 N–H and O–H groups in total. The van der Waals surface area contributed by atoms with Gasteiger partial charge in [-0.3, -0.25) is 19.3 Å². The molecule has 7 rings (SSSR count). The Morgan fingerprint density at radius 1 is 0.881 bits per heavy atom. The molecule has 1 fully saturated rings. The van der Waals surface area contributed by atoms with E-state index < -0.39 is 36.4 Å². The fourth-order valence-electron chi connectivity index (χ4n) is 7.09. The molecule has 42 heavy (non-hydrogen) atoms. The molecule has 0 aromatic heterocycles. The second-order valence-corrected chi connectivity index (χ2v) is 12.4. The molecule has 1 aliphatic heterocycles. The largest absolute Gasteiger partial charge is 0.454 e. The zero-order valence-corrected chi connectivity index (χ0v) is 25.4. The lowest BCUT2D eigenvalue weighted by Crippen LogP contribution is -2.47. The molecule has 1 heterocycles. The van der Waals surface area contributed by atoms with Crippen molar-refractivity contribution >= 4 is 45.3 Å². The predicted molar refractivity (Wildman–Crippen MR) is 162 cm³/mol. The molecule has 0 saturated carbocycles. The second kappa shape index (κ2) is 11.1. The number of rotatable bonds is 8. The highest BCUT2D eigenvalue weighted by molar-refractivity contribution is 9.10. The number of imide groups is 1. The van der Waals surface area contributed by atoms with Crippen LogP contribution in [0.25, 0.3) is 0 Å². The third-order valence-corrected chi connectivity index (χ3v) is 9.88. The Morgan fingerprint density at radius 3 is 1.90 bits per heavy atom. The number of benzene rings is 3. The highest BCUT2D eigenvalue weighted by Crippen LogP contribution is 2.61. The molecular formula is C34H33BrN2O5. The van der Waals surface area contributed by atoms with Crippen molar-refractivity contribution in [2.45, 2.75) is 57.9 Å². The van der Waals surface area contributed by atoms with Crippen LogP contribution in [0.1, 0.15) is 71.4 Å². The van der Waals surface area contributed by atoms with Gasteiger partial charge >= 0.3 is 5.97 Å². The van der Waals surface area contributed by atoms with E-state index in [2.05, 4.69) is 45.5 Å². The lowest BCUT2D eigenvalue weighted by Gasteiger charge is -2.45. The minimum Gasteiger partial charge on any atom is -0.454 e. The lowest BCUT2D eigenvalue weighted by atomic mass is 9.55. The fraction of sp³-hybridized carbons (Fsp3) is 0.353. The first kappa shape index (κ1) is 28.3. The van der Waals surface area contributed by atoms with E-state index in [1.54, 1.807) is 0 Å². The van der Waals surface area contributed by atoms with Crippen molar-refractivity contribution in [3.63, 3.8) is 0 Å². The van der Waals surface area contributed by atoms with Crippen LogP contribution in [-0.4, -0.2) is 41.2 Å². The van der Waals surface area contributed by atoms with E-state index in [1.165, 1.54) is 4.90 Å². The standard InChI is InChI=1S/C34H33BrN2O5/c1-4-5-14-26(34(41)42-17-27(38)36-25-16-18(2)24(35)15-19(25)3)37-32(39)30-28-20-10-6-7-11-21(20)29(31(30)33(37)40)23-13-9-8-12-22(23)28/h6-13,15-16,26,28-31H,4-5,14,17H2,1-3H3,(H,36,38)/t26-,28?,29?,30-,31-/m1/s1. The van der Waals surface area contributed by atoms with Gasteiger partial charge < -0.3 is 10.1 Å². The zero-order chi connectivity index (χ0) is 29.7. The molecule has 3 aromatic rings. The van der Waals surface area contributed by atoms with Crippen molar-refractivity contribution < 1.29 is 23.9 Å². The van der Waals surface area contributed by atoms with Crippen LogP contribution in [-0.2, 0) is 23.9 Å². The van der Waals surface area contributed by atoms with Crippen LogP contribution in [0.15, 0.2) is 65.1 Å². The van der Waals surface area contributed by atoms with Crippen LogP contribution in [0, 0.1) is 25.7 Å². The van der Waals surface area contributed by atoms with Gasteiger partial charge in [0.25, 0.3) is 5.91 Å². The third kappa shape index (κ3) is 4.56. The number of carbonyl (C=O) groups is 4. The fourth-order valence-corrected chi connectivity index (χ4v) is 7.55. The molecule has 3 aromatic carbocycles. The van der Waals surface area contributed by atoms with Gasteiger partial charge in [0.1, 0.15) is 6.04 Å². The Morgan fingerprint density at radius 2 is 1.40 bits per heavy atom. The monoisotopic (exact) mass is 628 g/mol. The Bertz CT molecular complexity index is 1500. The van der Waals surface area contributed by atoms with E-state index in [1.807, 2.05) is 57.2 Å². The van der Waals surface area contributed by atoms with Gasteiger partial charge in [-0.05, 0) is 65.8 Å². The average molecular weight is 630 g/mol. The van der Waals surface area contributed by atoms with Crippen molar-refractivity contribution in [2.75, 3.05) is 11.9 Å². The van der Waals surface area contributed by atoms with Gasteiger partial charge in [-0.15, -0.1) is 0 Å². The SMILES string of the molecule is CCCC[C@H](C(=O)OCC(=O)Nc1cc(C)c(Br)cc1C)N1C(=O)[C@@H]2C3c4ccccc4C(c4ccccc43)[C@H]2C1=O. The Balaban J connectivity index is 1.25.